The molecule has 17 heavy (non-hydrogen) atoms. The molecule has 0 bridgehead atoms. The van der Waals surface area contributed by atoms with Gasteiger partial charge in [-0.05, 0) is 24.3 Å². The predicted molar refractivity (Wildman–Crippen MR) is 59.3 cm³/mol. The minimum absolute atomic E-state index is 0.189. The van der Waals surface area contributed by atoms with Gasteiger partial charge in [-0.25, -0.2) is 9.18 Å². The Kier molecular flexibility index (Phi) is 3.00. The second kappa shape index (κ2) is 4.61. The van der Waals surface area contributed by atoms with Crippen molar-refractivity contribution in [3.8, 4) is 0 Å². The largest absolute Gasteiger partial charge is 0.430 e. The van der Waals surface area contributed by atoms with Gasteiger partial charge in [0.1, 0.15) is 12.1 Å². The number of hydrogen-bond acceptors (Lipinski definition) is 3. The molecule has 0 radical (unpaired) electrons. The van der Waals surface area contributed by atoms with Crippen LogP contribution in [0.5, 0.6) is 0 Å². The molecule has 0 fully saturated rings. The van der Waals surface area contributed by atoms with Gasteiger partial charge in [-0.3, -0.25) is 4.79 Å². The summed E-state index contributed by atoms with van der Waals surface area (Å²) in [4.78, 5) is 22.3. The Morgan fingerprint density at radius 1 is 1.24 bits per heavy atom. The van der Waals surface area contributed by atoms with E-state index in [9.17, 15) is 14.0 Å². The summed E-state index contributed by atoms with van der Waals surface area (Å²) in [6.07, 6.45) is 1.05. The molecule has 4 nitrogen and oxygen atoms in total. The monoisotopic (exact) mass is 233 g/mol. The third-order valence-corrected chi connectivity index (χ3v) is 2.05. The van der Waals surface area contributed by atoms with Crippen LogP contribution in [-0.2, 0) is 0 Å². The van der Waals surface area contributed by atoms with Gasteiger partial charge < -0.3 is 9.73 Å². The van der Waals surface area contributed by atoms with Crippen LogP contribution >= 0.6 is 0 Å². The van der Waals surface area contributed by atoms with Gasteiger partial charge in [0.05, 0.1) is 5.56 Å². The number of carbonyl (C=O) groups excluding carboxylic acids is 1. The van der Waals surface area contributed by atoms with Crippen LogP contribution in [0.4, 0.5) is 10.1 Å². The second-order valence-electron chi connectivity index (χ2n) is 3.31. The van der Waals surface area contributed by atoms with E-state index in [0.717, 1.165) is 12.3 Å². The molecule has 2 rings (SSSR count). The van der Waals surface area contributed by atoms with Gasteiger partial charge in [-0.1, -0.05) is 6.07 Å². The van der Waals surface area contributed by atoms with E-state index in [2.05, 4.69) is 9.73 Å². The van der Waals surface area contributed by atoms with E-state index in [4.69, 9.17) is 0 Å². The third kappa shape index (κ3) is 2.78. The Morgan fingerprint density at radius 2 is 2.06 bits per heavy atom. The zero-order valence-corrected chi connectivity index (χ0v) is 8.64. The highest BCUT2D eigenvalue weighted by Gasteiger charge is 2.07. The molecule has 2 aromatic rings. The van der Waals surface area contributed by atoms with Gasteiger partial charge in [0, 0.05) is 11.8 Å². The molecule has 5 heteroatoms. The minimum atomic E-state index is -0.535. The van der Waals surface area contributed by atoms with Crippen molar-refractivity contribution >= 4 is 11.6 Å². The maximum Gasteiger partial charge on any atom is 0.335 e. The van der Waals surface area contributed by atoms with Gasteiger partial charge in [0.25, 0.3) is 5.91 Å². The summed E-state index contributed by atoms with van der Waals surface area (Å²) in [6, 6.07) is 7.98. The quantitative estimate of drug-likeness (QED) is 0.863. The van der Waals surface area contributed by atoms with Crippen LogP contribution in [0.2, 0.25) is 0 Å². The molecule has 1 N–H and O–H groups in total. The number of anilines is 1. The molecule has 0 saturated heterocycles. The Hall–Kier alpha value is -2.43. The maximum atomic E-state index is 12.9. The van der Waals surface area contributed by atoms with E-state index in [1.165, 1.54) is 24.3 Å². The van der Waals surface area contributed by atoms with E-state index in [-0.39, 0.29) is 5.56 Å². The number of benzene rings is 1. The summed E-state index contributed by atoms with van der Waals surface area (Å²) in [6.45, 7) is 0. The molecule has 0 saturated carbocycles. The van der Waals surface area contributed by atoms with Crippen LogP contribution in [0.1, 0.15) is 10.4 Å². The highest BCUT2D eigenvalue weighted by molar-refractivity contribution is 6.03. The fraction of sp³-hybridized carbons (Fsp3) is 0. The summed E-state index contributed by atoms with van der Waals surface area (Å²) in [5.74, 6) is -0.915. The standard InChI is InChI=1S/C12H8FNO3/c13-9-2-1-3-10(6-9)14-12(16)8-4-5-11(15)17-7-8/h1-7H,(H,14,16). The average Bonchev–Trinajstić information content (AvgIpc) is 2.29. The van der Waals surface area contributed by atoms with Gasteiger partial charge in [-0.15, -0.1) is 0 Å². The Bertz CT molecular complexity index is 586. The van der Waals surface area contributed by atoms with Crippen molar-refractivity contribution in [1.29, 1.82) is 0 Å². The smallest absolute Gasteiger partial charge is 0.335 e. The summed E-state index contributed by atoms with van der Waals surface area (Å²) in [5.41, 5.74) is -0.0117. The lowest BCUT2D eigenvalue weighted by Crippen LogP contribution is -2.12. The molecule has 0 aliphatic carbocycles. The molecule has 0 atom stereocenters. The highest BCUT2D eigenvalue weighted by Crippen LogP contribution is 2.10. The molecule has 0 aliphatic heterocycles. The van der Waals surface area contributed by atoms with Crippen molar-refractivity contribution in [1.82, 2.24) is 0 Å². The van der Waals surface area contributed by atoms with E-state index in [0.29, 0.717) is 5.69 Å². The molecular formula is C12H8FNO3. The summed E-state index contributed by atoms with van der Waals surface area (Å²) in [5, 5.41) is 2.48. The summed E-state index contributed by atoms with van der Waals surface area (Å²) in [7, 11) is 0. The fourth-order valence-electron chi connectivity index (χ4n) is 1.26. The van der Waals surface area contributed by atoms with Crippen LogP contribution in [0.3, 0.4) is 0 Å². The number of halogens is 1. The summed E-state index contributed by atoms with van der Waals surface area (Å²) < 4.78 is 17.4. The number of rotatable bonds is 2. The van der Waals surface area contributed by atoms with Crippen molar-refractivity contribution in [2.75, 3.05) is 5.32 Å². The van der Waals surface area contributed by atoms with E-state index < -0.39 is 17.3 Å². The van der Waals surface area contributed by atoms with Crippen LogP contribution in [0.25, 0.3) is 0 Å². The predicted octanol–water partition coefficient (Wildman–Crippen LogP) is 2.03. The normalized spacial score (nSPS) is 9.94. The van der Waals surface area contributed by atoms with Gasteiger partial charge >= 0.3 is 5.63 Å². The molecule has 86 valence electrons. The molecular weight excluding hydrogens is 225 g/mol. The molecule has 0 unspecified atom stereocenters. The Balaban J connectivity index is 2.17. The topological polar surface area (TPSA) is 59.3 Å². The first-order valence-corrected chi connectivity index (χ1v) is 4.81. The van der Waals surface area contributed by atoms with E-state index in [1.807, 2.05) is 0 Å². The van der Waals surface area contributed by atoms with Gasteiger partial charge in [-0.2, -0.15) is 0 Å². The SMILES string of the molecule is O=C(Nc1cccc(F)c1)c1ccc(=O)oc1. The van der Waals surface area contributed by atoms with Gasteiger partial charge in [0.15, 0.2) is 0 Å². The van der Waals surface area contributed by atoms with Crippen LogP contribution < -0.4 is 10.9 Å². The number of carbonyl (C=O) groups is 1. The van der Waals surface area contributed by atoms with Crippen molar-refractivity contribution in [3.05, 3.63) is 64.5 Å². The van der Waals surface area contributed by atoms with Crippen LogP contribution in [0.15, 0.2) is 51.9 Å². The Morgan fingerprint density at radius 3 is 2.71 bits per heavy atom. The second-order valence-corrected chi connectivity index (χ2v) is 3.31. The van der Waals surface area contributed by atoms with Crippen molar-refractivity contribution < 1.29 is 13.6 Å². The molecule has 1 amide bonds. The molecule has 0 aliphatic rings. The zero-order valence-electron chi connectivity index (χ0n) is 8.64. The molecule has 1 aromatic heterocycles. The van der Waals surface area contributed by atoms with Crippen LogP contribution in [0, 0.1) is 5.82 Å². The first kappa shape index (κ1) is 11.1. The van der Waals surface area contributed by atoms with Crippen molar-refractivity contribution in [2.24, 2.45) is 0 Å². The molecule has 1 heterocycles. The minimum Gasteiger partial charge on any atom is -0.430 e. The summed E-state index contributed by atoms with van der Waals surface area (Å²) >= 11 is 0. The fourth-order valence-corrected chi connectivity index (χ4v) is 1.26. The number of hydrogen-bond donors (Lipinski definition) is 1. The average molecular weight is 233 g/mol. The first-order chi connectivity index (χ1) is 8.15. The Labute approximate surface area is 95.7 Å². The lowest BCUT2D eigenvalue weighted by molar-refractivity contribution is 0.102. The molecule has 1 aromatic carbocycles. The van der Waals surface area contributed by atoms with Crippen molar-refractivity contribution in [2.45, 2.75) is 0 Å². The third-order valence-electron chi connectivity index (χ3n) is 2.05. The first-order valence-electron chi connectivity index (χ1n) is 4.81. The van der Waals surface area contributed by atoms with E-state index >= 15 is 0 Å². The maximum absolute atomic E-state index is 12.9. The van der Waals surface area contributed by atoms with Crippen molar-refractivity contribution in [3.63, 3.8) is 0 Å². The lowest BCUT2D eigenvalue weighted by atomic mass is 10.2. The highest BCUT2D eigenvalue weighted by atomic mass is 19.1. The number of nitrogens with one attached hydrogen (secondary N) is 1. The zero-order chi connectivity index (χ0) is 12.3. The number of amides is 1. The van der Waals surface area contributed by atoms with E-state index in [1.54, 1.807) is 6.07 Å². The molecule has 0 spiro atoms. The van der Waals surface area contributed by atoms with Gasteiger partial charge in [0.2, 0.25) is 0 Å². The van der Waals surface area contributed by atoms with Crippen LogP contribution in [-0.4, -0.2) is 5.91 Å². The lowest BCUT2D eigenvalue weighted by Gasteiger charge is -2.04.